The van der Waals surface area contributed by atoms with Crippen LogP contribution in [0.1, 0.15) is 10.4 Å². The molecule has 1 aromatic carbocycles. The van der Waals surface area contributed by atoms with Crippen LogP contribution in [0.5, 0.6) is 5.75 Å². The zero-order chi connectivity index (χ0) is 9.47. The molecular weight excluding hydrogens is 192 g/mol. The Morgan fingerprint density at radius 1 is 1.31 bits per heavy atom. The van der Waals surface area contributed by atoms with Crippen molar-refractivity contribution in [1.29, 1.82) is 0 Å². The largest absolute Gasteiger partial charge is 0.389 e. The first-order valence-electron chi connectivity index (χ1n) is 3.53. The van der Waals surface area contributed by atoms with Crippen molar-refractivity contribution in [3.05, 3.63) is 29.8 Å². The van der Waals surface area contributed by atoms with Crippen LogP contribution in [0.3, 0.4) is 0 Å². The average Bonchev–Trinajstić information content (AvgIpc) is 2.02. The summed E-state index contributed by atoms with van der Waals surface area (Å²) in [6.45, 7) is 0. The van der Waals surface area contributed by atoms with E-state index in [2.05, 4.69) is 0 Å². The number of para-hydroxylation sites is 1. The van der Waals surface area contributed by atoms with Gasteiger partial charge in [-0.25, -0.2) is 0 Å². The fourth-order valence-corrected chi connectivity index (χ4v) is 1.94. The number of fused-ring (bicyclic) bond motifs is 1. The highest BCUT2D eigenvalue weighted by Crippen LogP contribution is 2.22. The smallest absolute Gasteiger partial charge is 0.250 e. The average molecular weight is 198 g/mol. The zero-order valence-electron chi connectivity index (χ0n) is 6.47. The Labute approximate surface area is 75.2 Å². The van der Waals surface area contributed by atoms with Gasteiger partial charge in [-0.3, -0.25) is 9.35 Å². The minimum atomic E-state index is -3.57. The molecule has 1 heterocycles. The molecule has 0 aliphatic carbocycles. The molecule has 0 saturated heterocycles. The third-order valence-corrected chi connectivity index (χ3v) is 2.55. The molecule has 2 rings (SSSR count). The number of Topliss-reactive ketones (excluding diaryl/α,β-unsaturated/α-hetero) is 1. The lowest BCUT2D eigenvalue weighted by Gasteiger charge is -2.13. The molecule has 0 bridgehead atoms. The Kier molecular flexibility index (Phi) is 1.64. The molecule has 5 heteroatoms. The molecular formula is C8H6O4S. The number of carbonyl (C=O) groups excluding carboxylic acids is 1. The maximum atomic E-state index is 11.2. The first-order valence-corrected chi connectivity index (χ1v) is 5.03. The summed E-state index contributed by atoms with van der Waals surface area (Å²) in [6.07, 6.45) is 0. The van der Waals surface area contributed by atoms with Gasteiger partial charge < -0.3 is 4.18 Å². The molecule has 0 saturated carbocycles. The lowest BCUT2D eigenvalue weighted by Crippen LogP contribution is -2.22. The van der Waals surface area contributed by atoms with E-state index < -0.39 is 15.9 Å². The molecule has 13 heavy (non-hydrogen) atoms. The molecule has 1 unspecified atom stereocenters. The SMILES string of the molecule is O=C1C=S(=O)(O)Oc2ccccc21. The highest BCUT2D eigenvalue weighted by molar-refractivity contribution is 7.93. The molecule has 0 spiro atoms. The molecule has 1 atom stereocenters. The molecule has 1 aromatic rings. The number of rotatable bonds is 0. The van der Waals surface area contributed by atoms with Crippen LogP contribution in [-0.2, 0) is 10.1 Å². The van der Waals surface area contributed by atoms with Gasteiger partial charge in [0.1, 0.15) is 5.37 Å². The van der Waals surface area contributed by atoms with E-state index in [1.165, 1.54) is 6.07 Å². The molecule has 1 aliphatic rings. The van der Waals surface area contributed by atoms with Gasteiger partial charge in [-0.05, 0) is 12.1 Å². The summed E-state index contributed by atoms with van der Waals surface area (Å²) < 4.78 is 24.8. The molecule has 0 radical (unpaired) electrons. The maximum Gasteiger partial charge on any atom is 0.250 e. The van der Waals surface area contributed by atoms with E-state index in [1.54, 1.807) is 18.2 Å². The van der Waals surface area contributed by atoms with Crippen molar-refractivity contribution in [3.63, 3.8) is 0 Å². The van der Waals surface area contributed by atoms with E-state index in [0.29, 0.717) is 10.9 Å². The molecule has 1 N–H and O–H groups in total. The fourth-order valence-electron chi connectivity index (χ4n) is 1.09. The Bertz CT molecular complexity index is 483. The minimum Gasteiger partial charge on any atom is -0.389 e. The van der Waals surface area contributed by atoms with Crippen molar-refractivity contribution in [3.8, 4) is 5.75 Å². The van der Waals surface area contributed by atoms with Crippen LogP contribution >= 0.6 is 0 Å². The summed E-state index contributed by atoms with van der Waals surface area (Å²) in [5.41, 5.74) is 0.315. The summed E-state index contributed by atoms with van der Waals surface area (Å²) in [4.78, 5) is 11.2. The van der Waals surface area contributed by atoms with Crippen LogP contribution in [-0.4, -0.2) is 19.9 Å². The van der Waals surface area contributed by atoms with Crippen molar-refractivity contribution < 1.29 is 17.7 Å². The van der Waals surface area contributed by atoms with Gasteiger partial charge >= 0.3 is 0 Å². The molecule has 0 amide bonds. The summed E-state index contributed by atoms with van der Waals surface area (Å²) in [5, 5.41) is 0.690. The van der Waals surface area contributed by atoms with E-state index in [9.17, 15) is 9.00 Å². The third-order valence-electron chi connectivity index (χ3n) is 1.62. The van der Waals surface area contributed by atoms with Crippen LogP contribution in [0.15, 0.2) is 24.3 Å². The zero-order valence-corrected chi connectivity index (χ0v) is 7.28. The number of hydrogen-bond donors (Lipinski definition) is 1. The lowest BCUT2D eigenvalue weighted by molar-refractivity contribution is 0.106. The predicted molar refractivity (Wildman–Crippen MR) is 48.2 cm³/mol. The van der Waals surface area contributed by atoms with E-state index >= 15 is 0 Å². The summed E-state index contributed by atoms with van der Waals surface area (Å²) in [6, 6.07) is 6.32. The monoisotopic (exact) mass is 198 g/mol. The molecule has 0 fully saturated rings. The number of hydrogen-bond acceptors (Lipinski definition) is 3. The van der Waals surface area contributed by atoms with Crippen LogP contribution in [0, 0.1) is 0 Å². The Hall–Kier alpha value is -1.33. The second kappa shape index (κ2) is 2.58. The number of carbonyl (C=O) groups is 1. The Morgan fingerprint density at radius 3 is 2.77 bits per heavy atom. The number of benzene rings is 1. The van der Waals surface area contributed by atoms with Gasteiger partial charge in [-0.2, -0.15) is 4.21 Å². The van der Waals surface area contributed by atoms with Crippen molar-refractivity contribution in [2.24, 2.45) is 0 Å². The Balaban J connectivity index is 2.66. The second-order valence-corrected chi connectivity index (χ2v) is 4.01. The van der Waals surface area contributed by atoms with Crippen molar-refractivity contribution in [2.75, 3.05) is 0 Å². The summed E-state index contributed by atoms with van der Waals surface area (Å²) >= 11 is 0. The molecule has 0 aromatic heterocycles. The van der Waals surface area contributed by atoms with Crippen LogP contribution < -0.4 is 4.18 Å². The second-order valence-electron chi connectivity index (χ2n) is 2.58. The Morgan fingerprint density at radius 2 is 2.00 bits per heavy atom. The van der Waals surface area contributed by atoms with E-state index in [-0.39, 0.29) is 5.75 Å². The minimum absolute atomic E-state index is 0.155. The first-order chi connectivity index (χ1) is 6.08. The molecule has 68 valence electrons. The van der Waals surface area contributed by atoms with Gasteiger partial charge in [0.2, 0.25) is 5.78 Å². The van der Waals surface area contributed by atoms with Gasteiger partial charge in [0, 0.05) is 0 Å². The van der Waals surface area contributed by atoms with Crippen molar-refractivity contribution in [2.45, 2.75) is 0 Å². The fraction of sp³-hybridized carbons (Fsp3) is 0. The summed E-state index contributed by atoms with van der Waals surface area (Å²) in [7, 11) is -3.57. The van der Waals surface area contributed by atoms with E-state index in [4.69, 9.17) is 8.74 Å². The maximum absolute atomic E-state index is 11.2. The standard InChI is InChI=1S/C8H6O4S/c9-7-5-13(10,11)12-8-4-2-1-3-6(7)8/h1-5H,(H,10,11). The van der Waals surface area contributed by atoms with Gasteiger partial charge in [0.25, 0.3) is 10.1 Å². The lowest BCUT2D eigenvalue weighted by atomic mass is 10.1. The van der Waals surface area contributed by atoms with E-state index in [1.807, 2.05) is 0 Å². The van der Waals surface area contributed by atoms with E-state index in [0.717, 1.165) is 0 Å². The highest BCUT2D eigenvalue weighted by atomic mass is 32.2. The highest BCUT2D eigenvalue weighted by Gasteiger charge is 2.21. The molecule has 1 aliphatic heterocycles. The van der Waals surface area contributed by atoms with Gasteiger partial charge in [0.05, 0.1) is 5.56 Å². The molecule has 4 nitrogen and oxygen atoms in total. The quantitative estimate of drug-likeness (QED) is 0.624. The third kappa shape index (κ3) is 1.43. The van der Waals surface area contributed by atoms with Crippen molar-refractivity contribution in [1.82, 2.24) is 0 Å². The van der Waals surface area contributed by atoms with Crippen molar-refractivity contribution >= 4 is 21.2 Å². The first kappa shape index (κ1) is 8.28. The number of ketones is 1. The van der Waals surface area contributed by atoms with Crippen LogP contribution in [0.2, 0.25) is 0 Å². The van der Waals surface area contributed by atoms with Crippen LogP contribution in [0.4, 0.5) is 0 Å². The van der Waals surface area contributed by atoms with Gasteiger partial charge in [0.15, 0.2) is 5.75 Å². The summed E-state index contributed by atoms with van der Waals surface area (Å²) in [5.74, 6) is -0.322. The van der Waals surface area contributed by atoms with Gasteiger partial charge in [-0.15, -0.1) is 0 Å². The predicted octanol–water partition coefficient (Wildman–Crippen LogP) is 0.736. The normalized spacial score (nSPS) is 25.8. The topological polar surface area (TPSA) is 63.6 Å². The van der Waals surface area contributed by atoms with Crippen LogP contribution in [0.25, 0.3) is 0 Å². The van der Waals surface area contributed by atoms with Gasteiger partial charge in [-0.1, -0.05) is 12.1 Å².